The molecule has 0 saturated heterocycles. The lowest BCUT2D eigenvalue weighted by atomic mass is 9.93. The summed E-state index contributed by atoms with van der Waals surface area (Å²) in [6.45, 7) is 0.697. The molecule has 16 heavy (non-hydrogen) atoms. The highest BCUT2D eigenvalue weighted by Gasteiger charge is 2.22. The smallest absolute Gasteiger partial charge is 0.169 e. The maximum absolute atomic E-state index is 5.44. The molecule has 1 aromatic heterocycles. The zero-order valence-corrected chi connectivity index (χ0v) is 9.86. The fourth-order valence-electron chi connectivity index (χ4n) is 2.20. The summed E-state index contributed by atoms with van der Waals surface area (Å²) >= 11 is 0. The Morgan fingerprint density at radius 1 is 1.50 bits per heavy atom. The van der Waals surface area contributed by atoms with E-state index in [1.165, 1.54) is 12.0 Å². The molecule has 2 rings (SSSR count). The quantitative estimate of drug-likeness (QED) is 0.777. The van der Waals surface area contributed by atoms with E-state index in [2.05, 4.69) is 11.4 Å². The van der Waals surface area contributed by atoms with E-state index in [4.69, 9.17) is 13.9 Å². The summed E-state index contributed by atoms with van der Waals surface area (Å²) in [5.74, 6) is 1.12. The molecule has 0 aliphatic heterocycles. The van der Waals surface area contributed by atoms with Crippen LogP contribution in [0.2, 0.25) is 0 Å². The van der Waals surface area contributed by atoms with Gasteiger partial charge in [-0.3, -0.25) is 0 Å². The van der Waals surface area contributed by atoms with Gasteiger partial charge in [-0.15, -0.1) is 0 Å². The van der Waals surface area contributed by atoms with Crippen molar-refractivity contribution in [2.45, 2.75) is 31.6 Å². The Balaban J connectivity index is 1.92. The summed E-state index contributed by atoms with van der Waals surface area (Å²) in [5.41, 5.74) is 1.29. The van der Waals surface area contributed by atoms with Crippen LogP contribution in [0.5, 0.6) is 0 Å². The predicted octanol–water partition coefficient (Wildman–Crippen LogP) is 1.87. The third-order valence-electron chi connectivity index (χ3n) is 3.11. The van der Waals surface area contributed by atoms with Crippen LogP contribution in [-0.4, -0.2) is 27.1 Å². The topological polar surface area (TPSA) is 43.6 Å². The first-order valence-electron chi connectivity index (χ1n) is 5.70. The number of ether oxygens (including phenoxy) is 2. The molecule has 0 amide bonds. The Bertz CT molecular complexity index is 320. The van der Waals surface area contributed by atoms with Gasteiger partial charge in [0, 0.05) is 38.8 Å². The second kappa shape index (κ2) is 5.48. The van der Waals surface area contributed by atoms with Gasteiger partial charge in [0.2, 0.25) is 0 Å². The first kappa shape index (κ1) is 11.6. The van der Waals surface area contributed by atoms with Gasteiger partial charge in [-0.2, -0.15) is 0 Å². The molecule has 4 heteroatoms. The molecule has 1 aliphatic carbocycles. The number of methoxy groups -OCH3 is 2. The number of aryl methyl sites for hydroxylation is 1. The zero-order valence-electron chi connectivity index (χ0n) is 9.86. The minimum Gasteiger partial charge on any atom is -0.469 e. The summed E-state index contributed by atoms with van der Waals surface area (Å²) in [6, 6.07) is 2.43. The van der Waals surface area contributed by atoms with Crippen LogP contribution in [0.1, 0.15) is 30.2 Å². The first-order chi connectivity index (χ1) is 7.85. The van der Waals surface area contributed by atoms with Crippen molar-refractivity contribution in [3.05, 3.63) is 23.7 Å². The molecular formula is C12H19NO3. The van der Waals surface area contributed by atoms with E-state index < -0.39 is 0 Å². The monoisotopic (exact) mass is 225 g/mol. The molecule has 0 saturated carbocycles. The van der Waals surface area contributed by atoms with E-state index in [0.29, 0.717) is 12.6 Å². The summed E-state index contributed by atoms with van der Waals surface area (Å²) in [4.78, 5) is 0. The standard InChI is InChI=1S/C12H19NO3/c1-14-12(15-2)8-13-10-4-3-5-11-9(10)6-7-16-11/h6-7,10,12-13H,3-5,8H2,1-2H3. The van der Waals surface area contributed by atoms with E-state index in [1.807, 2.05) is 0 Å². The Kier molecular flexibility index (Phi) is 3.98. The second-order valence-electron chi connectivity index (χ2n) is 4.05. The normalized spacial score (nSPS) is 20.1. The highest BCUT2D eigenvalue weighted by Crippen LogP contribution is 2.30. The van der Waals surface area contributed by atoms with E-state index >= 15 is 0 Å². The maximum Gasteiger partial charge on any atom is 0.169 e. The average molecular weight is 225 g/mol. The highest BCUT2D eigenvalue weighted by atomic mass is 16.7. The van der Waals surface area contributed by atoms with E-state index in [1.54, 1.807) is 20.5 Å². The van der Waals surface area contributed by atoms with Crippen molar-refractivity contribution < 1.29 is 13.9 Å². The molecule has 0 spiro atoms. The van der Waals surface area contributed by atoms with E-state index in [9.17, 15) is 0 Å². The summed E-state index contributed by atoms with van der Waals surface area (Å²) in [7, 11) is 3.31. The summed E-state index contributed by atoms with van der Waals surface area (Å²) in [5, 5.41) is 3.46. The van der Waals surface area contributed by atoms with Gasteiger partial charge in [-0.05, 0) is 18.9 Å². The SMILES string of the molecule is COC(CNC1CCCc2occc21)OC. The summed E-state index contributed by atoms with van der Waals surface area (Å²) < 4.78 is 15.7. The van der Waals surface area contributed by atoms with Crippen LogP contribution in [0.3, 0.4) is 0 Å². The van der Waals surface area contributed by atoms with Crippen molar-refractivity contribution in [2.75, 3.05) is 20.8 Å². The largest absolute Gasteiger partial charge is 0.469 e. The molecule has 0 fully saturated rings. The number of fused-ring (bicyclic) bond motifs is 1. The Morgan fingerprint density at radius 3 is 3.06 bits per heavy atom. The van der Waals surface area contributed by atoms with Gasteiger partial charge >= 0.3 is 0 Å². The van der Waals surface area contributed by atoms with Crippen molar-refractivity contribution in [1.82, 2.24) is 5.32 Å². The van der Waals surface area contributed by atoms with Crippen molar-refractivity contribution in [3.63, 3.8) is 0 Å². The Labute approximate surface area is 95.9 Å². The second-order valence-corrected chi connectivity index (χ2v) is 4.05. The van der Waals surface area contributed by atoms with Gasteiger partial charge in [-0.1, -0.05) is 0 Å². The zero-order chi connectivity index (χ0) is 11.4. The summed E-state index contributed by atoms with van der Waals surface area (Å²) in [6.07, 6.45) is 4.96. The number of nitrogens with one attached hydrogen (secondary N) is 1. The van der Waals surface area contributed by atoms with Crippen LogP contribution < -0.4 is 5.32 Å². The number of hydrogen-bond donors (Lipinski definition) is 1. The molecule has 1 atom stereocenters. The van der Waals surface area contributed by atoms with Crippen molar-refractivity contribution in [1.29, 1.82) is 0 Å². The Morgan fingerprint density at radius 2 is 2.31 bits per heavy atom. The molecule has 90 valence electrons. The third kappa shape index (κ3) is 2.45. The van der Waals surface area contributed by atoms with Crippen LogP contribution in [0.25, 0.3) is 0 Å². The van der Waals surface area contributed by atoms with Gasteiger partial charge in [0.15, 0.2) is 6.29 Å². The number of rotatable bonds is 5. The molecule has 1 aromatic rings. The minimum atomic E-state index is -0.183. The molecule has 0 radical (unpaired) electrons. The molecule has 1 heterocycles. The number of furan rings is 1. The lowest BCUT2D eigenvalue weighted by Crippen LogP contribution is -2.33. The molecular weight excluding hydrogens is 206 g/mol. The van der Waals surface area contributed by atoms with Crippen LogP contribution in [0.15, 0.2) is 16.7 Å². The van der Waals surface area contributed by atoms with Crippen LogP contribution >= 0.6 is 0 Å². The van der Waals surface area contributed by atoms with Gasteiger partial charge in [0.05, 0.1) is 6.26 Å². The maximum atomic E-state index is 5.44. The van der Waals surface area contributed by atoms with Crippen molar-refractivity contribution in [3.8, 4) is 0 Å². The van der Waals surface area contributed by atoms with Crippen LogP contribution in [0, 0.1) is 0 Å². The minimum absolute atomic E-state index is 0.183. The molecule has 0 bridgehead atoms. The van der Waals surface area contributed by atoms with Crippen LogP contribution in [0.4, 0.5) is 0 Å². The molecule has 1 N–H and O–H groups in total. The molecule has 1 unspecified atom stereocenters. The van der Waals surface area contributed by atoms with E-state index in [0.717, 1.165) is 18.6 Å². The first-order valence-corrected chi connectivity index (χ1v) is 5.70. The van der Waals surface area contributed by atoms with Crippen molar-refractivity contribution in [2.24, 2.45) is 0 Å². The van der Waals surface area contributed by atoms with Gasteiger partial charge in [-0.25, -0.2) is 0 Å². The fraction of sp³-hybridized carbons (Fsp3) is 0.667. The average Bonchev–Trinajstić information content (AvgIpc) is 2.79. The van der Waals surface area contributed by atoms with Gasteiger partial charge < -0.3 is 19.2 Å². The number of hydrogen-bond acceptors (Lipinski definition) is 4. The van der Waals surface area contributed by atoms with E-state index in [-0.39, 0.29) is 6.29 Å². The van der Waals surface area contributed by atoms with Gasteiger partial charge in [0.1, 0.15) is 5.76 Å². The lowest BCUT2D eigenvalue weighted by molar-refractivity contribution is -0.100. The molecule has 0 aromatic carbocycles. The third-order valence-corrected chi connectivity index (χ3v) is 3.11. The predicted molar refractivity (Wildman–Crippen MR) is 60.2 cm³/mol. The Hall–Kier alpha value is -0.840. The molecule has 1 aliphatic rings. The van der Waals surface area contributed by atoms with Crippen molar-refractivity contribution >= 4 is 0 Å². The van der Waals surface area contributed by atoms with Gasteiger partial charge in [0.25, 0.3) is 0 Å². The molecule has 4 nitrogen and oxygen atoms in total. The fourth-order valence-corrected chi connectivity index (χ4v) is 2.20. The lowest BCUT2D eigenvalue weighted by Gasteiger charge is -2.24. The highest BCUT2D eigenvalue weighted by molar-refractivity contribution is 5.23. The van der Waals surface area contributed by atoms with Crippen LogP contribution in [-0.2, 0) is 15.9 Å².